The maximum absolute atomic E-state index is 2.39. The van der Waals surface area contributed by atoms with Crippen molar-refractivity contribution in [1.82, 2.24) is 9.13 Å². The fourth-order valence-corrected chi connectivity index (χ4v) is 11.3. The first-order chi connectivity index (χ1) is 38.7. The highest BCUT2D eigenvalue weighted by atomic mass is 15.1. The fourth-order valence-electron chi connectivity index (χ4n) is 11.3. The van der Waals surface area contributed by atoms with Crippen LogP contribution in [0.1, 0.15) is 11.1 Å². The Balaban J connectivity index is 0.750. The number of aromatic nitrogens is 2. The Morgan fingerprint density at radius 2 is 0.513 bits per heavy atom. The van der Waals surface area contributed by atoms with Crippen LogP contribution in [0.4, 0.5) is 34.1 Å². The third-order valence-corrected chi connectivity index (χ3v) is 15.1. The molecule has 4 heteroatoms. The molecular weight excluding hydrogens is 945 g/mol. The highest BCUT2D eigenvalue weighted by molar-refractivity contribution is 6.12. The first-order valence-corrected chi connectivity index (χ1v) is 26.7. The van der Waals surface area contributed by atoms with Crippen molar-refractivity contribution in [2.24, 2.45) is 0 Å². The van der Waals surface area contributed by atoms with Gasteiger partial charge in [0.15, 0.2) is 0 Å². The molecule has 0 unspecified atom stereocenters. The van der Waals surface area contributed by atoms with Crippen molar-refractivity contribution >= 4 is 89.9 Å². The van der Waals surface area contributed by atoms with Gasteiger partial charge in [-0.15, -0.1) is 0 Å². The highest BCUT2D eigenvalue weighted by Gasteiger charge is 2.20. The van der Waals surface area contributed by atoms with E-state index in [0.29, 0.717) is 0 Å². The number of nitrogens with zero attached hydrogens (tertiary/aromatic N) is 4. The zero-order valence-corrected chi connectivity index (χ0v) is 42.8. The molecule has 0 atom stereocenters. The van der Waals surface area contributed by atoms with E-state index in [4.69, 9.17) is 0 Å². The molecule has 14 aromatic rings. The quantitative estimate of drug-likeness (QED) is 0.113. The monoisotopic (exact) mass is 996 g/mol. The van der Waals surface area contributed by atoms with Crippen molar-refractivity contribution in [3.63, 3.8) is 0 Å². The van der Waals surface area contributed by atoms with Gasteiger partial charge in [0.05, 0.1) is 22.1 Å². The smallest absolute Gasteiger partial charge is 0.0542 e. The Kier molecular flexibility index (Phi) is 11.8. The molecule has 0 N–H and O–H groups in total. The Morgan fingerprint density at radius 3 is 0.897 bits per heavy atom. The minimum Gasteiger partial charge on any atom is -0.310 e. The molecule has 0 aliphatic carbocycles. The highest BCUT2D eigenvalue weighted by Crippen LogP contribution is 2.42. The van der Waals surface area contributed by atoms with E-state index < -0.39 is 0 Å². The SMILES string of the molecule is C(=C\c1ccc(N(c2ccccc2)c2ccc3c(c2)c2ccccc2n3-c2ccc(-c3ccccc3)cc2)cc1)/c1ccc(N(c2ccccc2)c2ccc3c(c2)c2ccccc2n3-c2ccc(-c3ccccc3)cc2)cc1. The van der Waals surface area contributed by atoms with Crippen molar-refractivity contribution in [3.8, 4) is 33.6 Å². The number of hydrogen-bond donors (Lipinski definition) is 0. The lowest BCUT2D eigenvalue weighted by molar-refractivity contribution is 1.18. The van der Waals surface area contributed by atoms with Gasteiger partial charge in [-0.2, -0.15) is 0 Å². The van der Waals surface area contributed by atoms with Crippen LogP contribution in [0, 0.1) is 0 Å². The lowest BCUT2D eigenvalue weighted by Crippen LogP contribution is -2.09. The van der Waals surface area contributed by atoms with Gasteiger partial charge in [-0.3, -0.25) is 0 Å². The predicted octanol–water partition coefficient (Wildman–Crippen LogP) is 20.3. The van der Waals surface area contributed by atoms with Crippen molar-refractivity contribution in [2.45, 2.75) is 0 Å². The van der Waals surface area contributed by atoms with Crippen LogP contribution >= 0.6 is 0 Å². The summed E-state index contributed by atoms with van der Waals surface area (Å²) in [6.45, 7) is 0. The molecular formula is C74H52N4. The molecule has 0 aliphatic rings. The summed E-state index contributed by atoms with van der Waals surface area (Å²) in [7, 11) is 0. The van der Waals surface area contributed by atoms with Crippen molar-refractivity contribution in [2.75, 3.05) is 9.80 Å². The average Bonchev–Trinajstić information content (AvgIpc) is 4.19. The number of hydrogen-bond acceptors (Lipinski definition) is 2. The van der Waals surface area contributed by atoms with Gasteiger partial charge in [-0.05, 0) is 155 Å². The third kappa shape index (κ3) is 8.58. The van der Waals surface area contributed by atoms with Gasteiger partial charge < -0.3 is 18.9 Å². The zero-order valence-electron chi connectivity index (χ0n) is 42.8. The van der Waals surface area contributed by atoms with Gasteiger partial charge in [-0.1, -0.05) is 194 Å². The molecule has 2 aromatic heterocycles. The Labute approximate surface area is 454 Å². The van der Waals surface area contributed by atoms with Gasteiger partial charge in [0.2, 0.25) is 0 Å². The second kappa shape index (κ2) is 20.0. The van der Waals surface area contributed by atoms with Crippen LogP contribution in [0.3, 0.4) is 0 Å². The van der Waals surface area contributed by atoms with E-state index in [1.165, 1.54) is 65.9 Å². The molecule has 14 rings (SSSR count). The normalized spacial score (nSPS) is 11.5. The second-order valence-corrected chi connectivity index (χ2v) is 19.8. The zero-order chi connectivity index (χ0) is 51.8. The van der Waals surface area contributed by atoms with Gasteiger partial charge in [0.1, 0.15) is 0 Å². The molecule has 2 heterocycles. The maximum Gasteiger partial charge on any atom is 0.0542 e. The molecule has 0 spiro atoms. The van der Waals surface area contributed by atoms with Crippen LogP contribution in [0.25, 0.3) is 89.4 Å². The molecule has 0 saturated heterocycles. The Hall–Kier alpha value is -10.4. The van der Waals surface area contributed by atoms with Crippen LogP contribution in [-0.2, 0) is 0 Å². The van der Waals surface area contributed by atoms with E-state index >= 15 is 0 Å². The minimum absolute atomic E-state index is 1.09. The molecule has 0 amide bonds. The molecule has 0 fully saturated rings. The van der Waals surface area contributed by atoms with E-state index in [0.717, 1.165) is 56.6 Å². The molecule has 0 radical (unpaired) electrons. The van der Waals surface area contributed by atoms with Crippen LogP contribution in [0.2, 0.25) is 0 Å². The number of anilines is 6. The summed E-state index contributed by atoms with van der Waals surface area (Å²) in [5.41, 5.74) is 20.6. The van der Waals surface area contributed by atoms with Crippen LogP contribution in [0.15, 0.2) is 303 Å². The first kappa shape index (κ1) is 46.1. The van der Waals surface area contributed by atoms with Gasteiger partial charge in [0.25, 0.3) is 0 Å². The van der Waals surface area contributed by atoms with E-state index in [1.807, 2.05) is 0 Å². The second-order valence-electron chi connectivity index (χ2n) is 19.8. The molecule has 368 valence electrons. The third-order valence-electron chi connectivity index (χ3n) is 15.1. The summed E-state index contributed by atoms with van der Waals surface area (Å²) in [5, 5.41) is 4.86. The molecule has 0 saturated carbocycles. The van der Waals surface area contributed by atoms with E-state index in [2.05, 4.69) is 334 Å². The van der Waals surface area contributed by atoms with Crippen LogP contribution in [-0.4, -0.2) is 9.13 Å². The van der Waals surface area contributed by atoms with E-state index in [-0.39, 0.29) is 0 Å². The summed E-state index contributed by atoms with van der Waals surface area (Å²) >= 11 is 0. The molecule has 12 aromatic carbocycles. The average molecular weight is 997 g/mol. The van der Waals surface area contributed by atoms with E-state index in [9.17, 15) is 0 Å². The van der Waals surface area contributed by atoms with Crippen LogP contribution in [0.5, 0.6) is 0 Å². The predicted molar refractivity (Wildman–Crippen MR) is 331 cm³/mol. The maximum atomic E-state index is 2.39. The van der Waals surface area contributed by atoms with Crippen molar-refractivity contribution < 1.29 is 0 Å². The van der Waals surface area contributed by atoms with Gasteiger partial charge >= 0.3 is 0 Å². The summed E-state index contributed by atoms with van der Waals surface area (Å²) in [5.74, 6) is 0. The topological polar surface area (TPSA) is 16.3 Å². The fraction of sp³-hybridized carbons (Fsp3) is 0. The first-order valence-electron chi connectivity index (χ1n) is 26.7. The Morgan fingerprint density at radius 1 is 0.218 bits per heavy atom. The Bertz CT molecular complexity index is 4140. The largest absolute Gasteiger partial charge is 0.310 e. The number of rotatable bonds is 12. The summed E-state index contributed by atoms with van der Waals surface area (Å²) in [4.78, 5) is 4.71. The van der Waals surface area contributed by atoms with Crippen molar-refractivity contribution in [3.05, 3.63) is 314 Å². The molecule has 78 heavy (non-hydrogen) atoms. The molecule has 0 aliphatic heterocycles. The molecule has 4 nitrogen and oxygen atoms in total. The summed E-state index contributed by atoms with van der Waals surface area (Å²) in [6, 6.07) is 109. The van der Waals surface area contributed by atoms with Crippen LogP contribution < -0.4 is 9.80 Å². The minimum atomic E-state index is 1.09. The lowest BCUT2D eigenvalue weighted by Gasteiger charge is -2.26. The van der Waals surface area contributed by atoms with Crippen molar-refractivity contribution in [1.29, 1.82) is 0 Å². The lowest BCUT2D eigenvalue weighted by atomic mass is 10.1. The number of fused-ring (bicyclic) bond motifs is 6. The van der Waals surface area contributed by atoms with E-state index in [1.54, 1.807) is 0 Å². The number of benzene rings is 12. The standard InChI is InChI=1S/C74H52N4/c1-5-17-55(18-6-1)57-35-43-63(44-36-57)77-71-27-15-13-25-67(71)69-51-65(47-49-73(69)77)75(59-21-9-3-10-22-59)61-39-31-53(32-40-61)29-30-54-33-41-62(42-34-54)76(60-23-11-4-12-24-60)66-48-50-74-70(52-66)68-26-14-16-28-72(68)78(74)64-45-37-58(38-46-64)56-19-7-2-8-20-56/h1-52H/b30-29+. The van der Waals surface area contributed by atoms with Gasteiger partial charge in [0, 0.05) is 67.0 Å². The van der Waals surface area contributed by atoms with Gasteiger partial charge in [-0.25, -0.2) is 0 Å². The summed E-state index contributed by atoms with van der Waals surface area (Å²) in [6.07, 6.45) is 4.40. The summed E-state index contributed by atoms with van der Waals surface area (Å²) < 4.78 is 4.77. The number of para-hydroxylation sites is 4. The molecule has 0 bridgehead atoms.